The number of aromatic nitrogens is 2. The summed E-state index contributed by atoms with van der Waals surface area (Å²) in [5, 5.41) is 15.7. The Labute approximate surface area is 101 Å². The molecule has 1 rings (SSSR count). The van der Waals surface area contributed by atoms with E-state index in [0.717, 1.165) is 5.69 Å². The van der Waals surface area contributed by atoms with Gasteiger partial charge in [-0.1, -0.05) is 0 Å². The Morgan fingerprint density at radius 3 is 3.00 bits per heavy atom. The van der Waals surface area contributed by atoms with Crippen molar-refractivity contribution >= 4 is 5.91 Å². The third kappa shape index (κ3) is 4.54. The number of aryl methyl sites for hydroxylation is 2. The zero-order valence-corrected chi connectivity index (χ0v) is 10.2. The first kappa shape index (κ1) is 13.7. The van der Waals surface area contributed by atoms with Crippen LogP contribution in [-0.4, -0.2) is 47.2 Å². The molecular weight excluding hydrogens is 222 g/mol. The lowest BCUT2D eigenvalue weighted by Crippen LogP contribution is -2.40. The van der Waals surface area contributed by atoms with Crippen LogP contribution < -0.4 is 5.32 Å². The fraction of sp³-hybridized carbons (Fsp3) is 0.636. The average Bonchev–Trinajstić information content (AvgIpc) is 2.71. The van der Waals surface area contributed by atoms with E-state index in [1.54, 1.807) is 10.9 Å². The number of ether oxygens (including phenoxy) is 1. The molecule has 1 aromatic heterocycles. The summed E-state index contributed by atoms with van der Waals surface area (Å²) in [6.45, 7) is 0.194. The van der Waals surface area contributed by atoms with Gasteiger partial charge in [0.15, 0.2) is 0 Å². The molecule has 0 saturated heterocycles. The van der Waals surface area contributed by atoms with E-state index >= 15 is 0 Å². The van der Waals surface area contributed by atoms with Crippen LogP contribution in [0.2, 0.25) is 0 Å². The number of nitrogens with one attached hydrogen (secondary N) is 1. The van der Waals surface area contributed by atoms with Crippen LogP contribution in [0.3, 0.4) is 0 Å². The second kappa shape index (κ2) is 7.03. The van der Waals surface area contributed by atoms with Gasteiger partial charge in [-0.05, 0) is 12.5 Å². The number of rotatable bonds is 7. The minimum atomic E-state index is -0.334. The van der Waals surface area contributed by atoms with Gasteiger partial charge in [0, 0.05) is 32.5 Å². The molecule has 17 heavy (non-hydrogen) atoms. The number of aliphatic hydroxyl groups excluding tert-OH is 1. The Bertz CT molecular complexity index is 351. The van der Waals surface area contributed by atoms with Crippen molar-refractivity contribution in [3.8, 4) is 0 Å². The Morgan fingerprint density at radius 1 is 1.71 bits per heavy atom. The molecule has 1 aromatic rings. The van der Waals surface area contributed by atoms with Crippen LogP contribution in [0, 0.1) is 0 Å². The summed E-state index contributed by atoms with van der Waals surface area (Å²) in [6, 6.07) is 1.55. The van der Waals surface area contributed by atoms with Crippen molar-refractivity contribution in [2.24, 2.45) is 7.05 Å². The molecule has 6 heteroatoms. The van der Waals surface area contributed by atoms with Crippen LogP contribution in [0.5, 0.6) is 0 Å². The molecule has 0 radical (unpaired) electrons. The maximum absolute atomic E-state index is 11.6. The summed E-state index contributed by atoms with van der Waals surface area (Å²) in [5.74, 6) is -0.0951. The Morgan fingerprint density at radius 2 is 2.47 bits per heavy atom. The summed E-state index contributed by atoms with van der Waals surface area (Å²) in [5.41, 5.74) is 1.01. The van der Waals surface area contributed by atoms with E-state index < -0.39 is 0 Å². The fourth-order valence-electron chi connectivity index (χ4n) is 1.53. The van der Waals surface area contributed by atoms with Crippen LogP contribution >= 0.6 is 0 Å². The number of aliphatic hydroxyl groups is 1. The number of carbonyl (C=O) groups is 1. The van der Waals surface area contributed by atoms with Crippen molar-refractivity contribution in [2.45, 2.75) is 18.9 Å². The molecule has 6 nitrogen and oxygen atoms in total. The predicted molar refractivity (Wildman–Crippen MR) is 62.4 cm³/mol. The Balaban J connectivity index is 2.32. The van der Waals surface area contributed by atoms with Gasteiger partial charge in [0.1, 0.15) is 0 Å². The highest BCUT2D eigenvalue weighted by molar-refractivity contribution is 5.76. The molecule has 0 aliphatic heterocycles. The number of hydrogen-bond acceptors (Lipinski definition) is 4. The summed E-state index contributed by atoms with van der Waals surface area (Å²) < 4.78 is 6.62. The highest BCUT2D eigenvalue weighted by Crippen LogP contribution is 2.00. The standard InChI is InChI=1S/C11H19N3O3/c1-14-10(5-6-12-14)3-4-11(16)13-9(7-15)8-17-2/h5-6,9,15H,3-4,7-8H2,1-2H3,(H,13,16). The van der Waals surface area contributed by atoms with Crippen molar-refractivity contribution in [2.75, 3.05) is 20.3 Å². The Hall–Kier alpha value is -1.40. The van der Waals surface area contributed by atoms with Gasteiger partial charge in [-0.3, -0.25) is 9.48 Å². The van der Waals surface area contributed by atoms with Gasteiger partial charge in [0.2, 0.25) is 5.91 Å². The van der Waals surface area contributed by atoms with Crippen LogP contribution in [-0.2, 0) is 23.0 Å². The molecule has 0 saturated carbocycles. The lowest BCUT2D eigenvalue weighted by Gasteiger charge is -2.15. The number of hydrogen-bond donors (Lipinski definition) is 2. The number of carbonyl (C=O) groups excluding carboxylic acids is 1. The monoisotopic (exact) mass is 241 g/mol. The van der Waals surface area contributed by atoms with Gasteiger partial charge in [-0.25, -0.2) is 0 Å². The summed E-state index contributed by atoms with van der Waals surface area (Å²) in [6.07, 6.45) is 2.71. The molecule has 0 aromatic carbocycles. The van der Waals surface area contributed by atoms with E-state index in [9.17, 15) is 4.79 Å². The molecule has 1 atom stereocenters. The van der Waals surface area contributed by atoms with E-state index in [0.29, 0.717) is 19.4 Å². The second-order valence-corrected chi connectivity index (χ2v) is 3.85. The molecule has 0 fully saturated rings. The zero-order chi connectivity index (χ0) is 12.7. The largest absolute Gasteiger partial charge is 0.394 e. The molecule has 0 aliphatic carbocycles. The minimum absolute atomic E-state index is 0.0951. The van der Waals surface area contributed by atoms with Gasteiger partial charge in [0.25, 0.3) is 0 Å². The lowest BCUT2D eigenvalue weighted by molar-refractivity contribution is -0.122. The fourth-order valence-corrected chi connectivity index (χ4v) is 1.53. The quantitative estimate of drug-likeness (QED) is 0.673. The maximum Gasteiger partial charge on any atom is 0.220 e. The molecule has 2 N–H and O–H groups in total. The van der Waals surface area contributed by atoms with Crippen LogP contribution in [0.25, 0.3) is 0 Å². The van der Waals surface area contributed by atoms with Crippen molar-refractivity contribution in [3.63, 3.8) is 0 Å². The van der Waals surface area contributed by atoms with E-state index in [1.165, 1.54) is 7.11 Å². The van der Waals surface area contributed by atoms with E-state index in [1.807, 2.05) is 13.1 Å². The van der Waals surface area contributed by atoms with Crippen LogP contribution in [0.1, 0.15) is 12.1 Å². The maximum atomic E-state index is 11.6. The first-order valence-electron chi connectivity index (χ1n) is 5.53. The van der Waals surface area contributed by atoms with Gasteiger partial charge >= 0.3 is 0 Å². The SMILES string of the molecule is COCC(CO)NC(=O)CCc1ccnn1C. The van der Waals surface area contributed by atoms with Gasteiger partial charge in [-0.2, -0.15) is 5.10 Å². The third-order valence-electron chi connectivity index (χ3n) is 2.48. The highest BCUT2D eigenvalue weighted by atomic mass is 16.5. The smallest absolute Gasteiger partial charge is 0.220 e. The van der Waals surface area contributed by atoms with E-state index in [4.69, 9.17) is 9.84 Å². The summed E-state index contributed by atoms with van der Waals surface area (Å²) in [7, 11) is 3.37. The Kier molecular flexibility index (Phi) is 5.65. The van der Waals surface area contributed by atoms with Gasteiger partial charge in [0.05, 0.1) is 19.3 Å². The molecule has 0 spiro atoms. The molecule has 96 valence electrons. The van der Waals surface area contributed by atoms with Crippen LogP contribution in [0.15, 0.2) is 12.3 Å². The normalized spacial score (nSPS) is 12.4. The topological polar surface area (TPSA) is 76.4 Å². The molecular formula is C11H19N3O3. The molecule has 0 bridgehead atoms. The van der Waals surface area contributed by atoms with Crippen molar-refractivity contribution in [3.05, 3.63) is 18.0 Å². The second-order valence-electron chi connectivity index (χ2n) is 3.85. The van der Waals surface area contributed by atoms with E-state index in [2.05, 4.69) is 10.4 Å². The van der Waals surface area contributed by atoms with Crippen molar-refractivity contribution in [1.29, 1.82) is 0 Å². The average molecular weight is 241 g/mol. The summed E-state index contributed by atoms with van der Waals surface area (Å²) in [4.78, 5) is 11.6. The number of methoxy groups -OCH3 is 1. The van der Waals surface area contributed by atoms with Crippen molar-refractivity contribution in [1.82, 2.24) is 15.1 Å². The number of amides is 1. The molecule has 1 unspecified atom stereocenters. The van der Waals surface area contributed by atoms with Gasteiger partial charge < -0.3 is 15.2 Å². The first-order chi connectivity index (χ1) is 8.17. The first-order valence-corrected chi connectivity index (χ1v) is 5.53. The molecule has 0 aliphatic rings. The lowest BCUT2D eigenvalue weighted by atomic mass is 10.2. The number of nitrogens with zero attached hydrogens (tertiary/aromatic N) is 2. The highest BCUT2D eigenvalue weighted by Gasteiger charge is 2.11. The minimum Gasteiger partial charge on any atom is -0.394 e. The third-order valence-corrected chi connectivity index (χ3v) is 2.48. The van der Waals surface area contributed by atoms with E-state index in [-0.39, 0.29) is 18.6 Å². The van der Waals surface area contributed by atoms with Crippen molar-refractivity contribution < 1.29 is 14.6 Å². The van der Waals surface area contributed by atoms with Gasteiger partial charge in [-0.15, -0.1) is 0 Å². The molecule has 1 amide bonds. The predicted octanol–water partition coefficient (Wildman–Crippen LogP) is -0.524. The van der Waals surface area contributed by atoms with Crippen LogP contribution in [0.4, 0.5) is 0 Å². The summed E-state index contributed by atoms with van der Waals surface area (Å²) >= 11 is 0. The zero-order valence-electron chi connectivity index (χ0n) is 10.2. The molecule has 1 heterocycles.